The zero-order valence-electron chi connectivity index (χ0n) is 11.8. The number of halogens is 1. The summed E-state index contributed by atoms with van der Waals surface area (Å²) in [6, 6.07) is 4.53. The molecule has 0 saturated heterocycles. The van der Waals surface area contributed by atoms with Crippen molar-refractivity contribution in [3.8, 4) is 5.75 Å². The first-order valence-corrected chi connectivity index (χ1v) is 6.57. The summed E-state index contributed by atoms with van der Waals surface area (Å²) in [4.78, 5) is 16.5. The monoisotopic (exact) mass is 290 g/mol. The zero-order chi connectivity index (χ0) is 15.0. The van der Waals surface area contributed by atoms with Gasteiger partial charge in [-0.3, -0.25) is 0 Å². The van der Waals surface area contributed by atoms with Gasteiger partial charge >= 0.3 is 5.97 Å². The van der Waals surface area contributed by atoms with Crippen molar-refractivity contribution in [1.82, 2.24) is 9.55 Å². The van der Waals surface area contributed by atoms with Gasteiger partial charge in [0, 0.05) is 11.9 Å². The van der Waals surface area contributed by atoms with E-state index in [4.69, 9.17) is 9.47 Å². The fraction of sp³-hybridized carbons (Fsp3) is 0.333. The second-order valence-corrected chi connectivity index (χ2v) is 4.96. The largest absolute Gasteiger partial charge is 0.494 e. The molecule has 0 bridgehead atoms. The Morgan fingerprint density at radius 3 is 2.90 bits per heavy atom. The van der Waals surface area contributed by atoms with E-state index in [1.807, 2.05) is 0 Å². The van der Waals surface area contributed by atoms with E-state index in [2.05, 4.69) is 4.98 Å². The normalized spacial score (nSPS) is 20.1. The third-order valence-electron chi connectivity index (χ3n) is 4.02. The highest BCUT2D eigenvalue weighted by atomic mass is 19.1. The van der Waals surface area contributed by atoms with E-state index in [0.717, 1.165) is 5.69 Å². The molecular formula is C15H15FN2O3. The molecule has 2 heterocycles. The van der Waals surface area contributed by atoms with Gasteiger partial charge in [-0.05, 0) is 30.5 Å². The van der Waals surface area contributed by atoms with Gasteiger partial charge in [0.05, 0.1) is 20.5 Å². The minimum atomic E-state index is -1.06. The van der Waals surface area contributed by atoms with Crippen LogP contribution in [0.5, 0.6) is 5.75 Å². The standard InChI is InChI=1S/C15H15FN2O3/c1-20-13-4-3-10(7-12(13)16)15(14(19)21-2)6-5-11-8-17-9-18(11)15/h3-4,7-9H,5-6H2,1-2H3. The molecule has 21 heavy (non-hydrogen) atoms. The van der Waals surface area contributed by atoms with Crippen LogP contribution in [-0.4, -0.2) is 29.7 Å². The first-order valence-electron chi connectivity index (χ1n) is 6.57. The average Bonchev–Trinajstić information content (AvgIpc) is 3.08. The minimum Gasteiger partial charge on any atom is -0.494 e. The van der Waals surface area contributed by atoms with E-state index in [0.29, 0.717) is 18.4 Å². The minimum absolute atomic E-state index is 0.141. The molecule has 2 aromatic rings. The number of hydrogen-bond donors (Lipinski definition) is 0. The van der Waals surface area contributed by atoms with Gasteiger partial charge < -0.3 is 14.0 Å². The zero-order valence-corrected chi connectivity index (χ0v) is 11.8. The van der Waals surface area contributed by atoms with Crippen LogP contribution in [0.25, 0.3) is 0 Å². The summed E-state index contributed by atoms with van der Waals surface area (Å²) in [5, 5.41) is 0. The van der Waals surface area contributed by atoms with Crippen LogP contribution in [0.2, 0.25) is 0 Å². The third kappa shape index (κ3) is 1.82. The second-order valence-electron chi connectivity index (χ2n) is 4.96. The molecule has 6 heteroatoms. The molecule has 1 aliphatic rings. The highest BCUT2D eigenvalue weighted by Gasteiger charge is 2.48. The molecule has 1 aliphatic heterocycles. The highest BCUT2D eigenvalue weighted by Crippen LogP contribution is 2.40. The SMILES string of the molecule is COC(=O)C1(c2ccc(OC)c(F)c2)CCc2cncn21. The number of esters is 1. The molecule has 1 aromatic heterocycles. The van der Waals surface area contributed by atoms with Crippen LogP contribution >= 0.6 is 0 Å². The summed E-state index contributed by atoms with van der Waals surface area (Å²) in [6.07, 6.45) is 4.50. The maximum absolute atomic E-state index is 14.0. The fourth-order valence-electron chi connectivity index (χ4n) is 2.97. The smallest absolute Gasteiger partial charge is 0.336 e. The van der Waals surface area contributed by atoms with Gasteiger partial charge in [-0.15, -0.1) is 0 Å². The third-order valence-corrected chi connectivity index (χ3v) is 4.02. The van der Waals surface area contributed by atoms with Crippen LogP contribution in [0.4, 0.5) is 4.39 Å². The van der Waals surface area contributed by atoms with Crippen molar-refractivity contribution in [2.24, 2.45) is 0 Å². The van der Waals surface area contributed by atoms with E-state index >= 15 is 0 Å². The lowest BCUT2D eigenvalue weighted by Crippen LogP contribution is -2.41. The van der Waals surface area contributed by atoms with Gasteiger partial charge in [-0.2, -0.15) is 0 Å². The number of ether oxygens (including phenoxy) is 2. The number of carbonyl (C=O) groups excluding carboxylic acids is 1. The molecule has 0 aliphatic carbocycles. The molecule has 1 unspecified atom stereocenters. The summed E-state index contributed by atoms with van der Waals surface area (Å²) in [6.45, 7) is 0. The topological polar surface area (TPSA) is 53.4 Å². The van der Waals surface area contributed by atoms with Crippen LogP contribution in [0, 0.1) is 5.82 Å². The summed E-state index contributed by atoms with van der Waals surface area (Å²) >= 11 is 0. The van der Waals surface area contributed by atoms with Crippen molar-refractivity contribution in [1.29, 1.82) is 0 Å². The molecule has 110 valence electrons. The van der Waals surface area contributed by atoms with E-state index in [1.165, 1.54) is 26.4 Å². The molecule has 0 saturated carbocycles. The number of hydrogen-bond acceptors (Lipinski definition) is 4. The maximum atomic E-state index is 14.0. The number of nitrogens with zero attached hydrogens (tertiary/aromatic N) is 2. The molecule has 3 rings (SSSR count). The van der Waals surface area contributed by atoms with E-state index < -0.39 is 17.3 Å². The molecular weight excluding hydrogens is 275 g/mol. The lowest BCUT2D eigenvalue weighted by Gasteiger charge is -2.29. The molecule has 0 radical (unpaired) electrons. The number of rotatable bonds is 3. The van der Waals surface area contributed by atoms with Crippen molar-refractivity contribution in [3.05, 3.63) is 47.8 Å². The van der Waals surface area contributed by atoms with Crippen molar-refractivity contribution < 1.29 is 18.7 Å². The number of methoxy groups -OCH3 is 2. The summed E-state index contributed by atoms with van der Waals surface area (Å²) in [5.74, 6) is -0.793. The Labute approximate surface area is 121 Å². The van der Waals surface area contributed by atoms with Crippen molar-refractivity contribution >= 4 is 5.97 Å². The van der Waals surface area contributed by atoms with E-state index in [1.54, 1.807) is 23.2 Å². The van der Waals surface area contributed by atoms with Crippen LogP contribution in [-0.2, 0) is 21.5 Å². The molecule has 1 aromatic carbocycles. The second kappa shape index (κ2) is 4.87. The number of benzene rings is 1. The quantitative estimate of drug-likeness (QED) is 0.810. The first kappa shape index (κ1) is 13.6. The average molecular weight is 290 g/mol. The molecule has 5 nitrogen and oxygen atoms in total. The predicted octanol–water partition coefficient (Wildman–Crippen LogP) is 1.89. The van der Waals surface area contributed by atoms with Crippen molar-refractivity contribution in [2.45, 2.75) is 18.4 Å². The Hall–Kier alpha value is -2.37. The Kier molecular flexibility index (Phi) is 3.16. The lowest BCUT2D eigenvalue weighted by molar-refractivity contribution is -0.148. The van der Waals surface area contributed by atoms with Gasteiger partial charge in [-0.25, -0.2) is 14.2 Å². The van der Waals surface area contributed by atoms with Crippen LogP contribution in [0.1, 0.15) is 17.7 Å². The van der Waals surface area contributed by atoms with E-state index in [-0.39, 0.29) is 5.75 Å². The van der Waals surface area contributed by atoms with Gasteiger partial charge in [0.25, 0.3) is 0 Å². The Morgan fingerprint density at radius 2 is 2.24 bits per heavy atom. The van der Waals surface area contributed by atoms with Gasteiger partial charge in [0.15, 0.2) is 17.1 Å². The van der Waals surface area contributed by atoms with Crippen LogP contribution in [0.15, 0.2) is 30.7 Å². The summed E-state index contributed by atoms with van der Waals surface area (Å²) < 4.78 is 25.7. The highest BCUT2D eigenvalue weighted by molar-refractivity contribution is 5.84. The van der Waals surface area contributed by atoms with Gasteiger partial charge in [0.1, 0.15) is 0 Å². The van der Waals surface area contributed by atoms with E-state index in [9.17, 15) is 9.18 Å². The summed E-state index contributed by atoms with van der Waals surface area (Å²) in [5.41, 5.74) is 0.397. The van der Waals surface area contributed by atoms with Crippen LogP contribution in [0.3, 0.4) is 0 Å². The molecule has 1 atom stereocenters. The molecule has 0 amide bonds. The maximum Gasteiger partial charge on any atom is 0.336 e. The number of aryl methyl sites for hydroxylation is 1. The predicted molar refractivity (Wildman–Crippen MR) is 72.6 cm³/mol. The van der Waals surface area contributed by atoms with Gasteiger partial charge in [-0.1, -0.05) is 6.07 Å². The van der Waals surface area contributed by atoms with Crippen LogP contribution < -0.4 is 4.74 Å². The van der Waals surface area contributed by atoms with Crippen molar-refractivity contribution in [3.63, 3.8) is 0 Å². The molecule has 0 spiro atoms. The van der Waals surface area contributed by atoms with Crippen molar-refractivity contribution in [2.75, 3.05) is 14.2 Å². The Morgan fingerprint density at radius 1 is 1.43 bits per heavy atom. The Bertz CT molecular complexity index is 698. The number of aromatic nitrogens is 2. The molecule has 0 N–H and O–H groups in total. The van der Waals surface area contributed by atoms with Gasteiger partial charge in [0.2, 0.25) is 0 Å². The number of fused-ring (bicyclic) bond motifs is 1. The molecule has 0 fully saturated rings. The summed E-state index contributed by atoms with van der Waals surface area (Å²) in [7, 11) is 2.73. The fourth-order valence-corrected chi connectivity index (χ4v) is 2.97. The number of carbonyl (C=O) groups is 1. The lowest BCUT2D eigenvalue weighted by atomic mass is 9.87. The number of imidazole rings is 1. The Balaban J connectivity index is 2.19. The first-order chi connectivity index (χ1) is 10.1.